The van der Waals surface area contributed by atoms with Crippen molar-refractivity contribution in [1.29, 1.82) is 0 Å². The molecule has 2 N–H and O–H groups in total. The summed E-state index contributed by atoms with van der Waals surface area (Å²) in [6.07, 6.45) is 7.27. The van der Waals surface area contributed by atoms with Gasteiger partial charge in [0.05, 0.1) is 0 Å². The van der Waals surface area contributed by atoms with Gasteiger partial charge in [0.2, 0.25) is 0 Å². The molecule has 0 radical (unpaired) electrons. The third-order valence-corrected chi connectivity index (χ3v) is 5.23. The predicted molar refractivity (Wildman–Crippen MR) is 125 cm³/mol. The van der Waals surface area contributed by atoms with Gasteiger partial charge in [0.25, 0.3) is 11.8 Å². The van der Waals surface area contributed by atoms with E-state index >= 15 is 0 Å². The van der Waals surface area contributed by atoms with Crippen molar-refractivity contribution in [3.05, 3.63) is 35.4 Å². The Labute approximate surface area is 183 Å². The maximum atomic E-state index is 12.4. The number of unbranched alkanes of at least 4 members (excludes halogenated alkanes) is 4. The van der Waals surface area contributed by atoms with E-state index < -0.39 is 0 Å². The van der Waals surface area contributed by atoms with E-state index in [1.807, 2.05) is 0 Å². The van der Waals surface area contributed by atoms with Crippen LogP contribution >= 0.6 is 0 Å². The van der Waals surface area contributed by atoms with Crippen molar-refractivity contribution in [2.75, 3.05) is 53.4 Å². The molecule has 1 aromatic rings. The third kappa shape index (κ3) is 11.3. The summed E-state index contributed by atoms with van der Waals surface area (Å²) in [5, 5.41) is 5.90. The van der Waals surface area contributed by atoms with E-state index in [1.165, 1.54) is 38.5 Å². The van der Waals surface area contributed by atoms with Gasteiger partial charge in [-0.2, -0.15) is 0 Å². The molecular weight excluding hydrogens is 376 g/mol. The number of benzene rings is 1. The van der Waals surface area contributed by atoms with Gasteiger partial charge in [-0.1, -0.05) is 45.6 Å². The fourth-order valence-corrected chi connectivity index (χ4v) is 3.21. The third-order valence-electron chi connectivity index (χ3n) is 5.23. The molecule has 1 rings (SSSR count). The van der Waals surface area contributed by atoms with Gasteiger partial charge >= 0.3 is 0 Å². The maximum Gasteiger partial charge on any atom is 0.251 e. The minimum absolute atomic E-state index is 0.137. The molecule has 2 amide bonds. The van der Waals surface area contributed by atoms with E-state index in [2.05, 4.69) is 48.4 Å². The second kappa shape index (κ2) is 15.9. The van der Waals surface area contributed by atoms with Crippen LogP contribution in [-0.2, 0) is 0 Å². The van der Waals surface area contributed by atoms with Crippen molar-refractivity contribution in [3.8, 4) is 0 Å². The van der Waals surface area contributed by atoms with Gasteiger partial charge in [-0.05, 0) is 58.2 Å². The molecule has 0 aromatic heterocycles. The van der Waals surface area contributed by atoms with Crippen molar-refractivity contribution in [2.45, 2.75) is 52.4 Å². The quantitative estimate of drug-likeness (QED) is 0.404. The molecule has 0 fully saturated rings. The molecule has 0 heterocycles. The highest BCUT2D eigenvalue weighted by atomic mass is 16.2. The van der Waals surface area contributed by atoms with Crippen LogP contribution in [0.25, 0.3) is 0 Å². The largest absolute Gasteiger partial charge is 0.351 e. The highest BCUT2D eigenvalue weighted by molar-refractivity contribution is 5.99. The van der Waals surface area contributed by atoms with Crippen LogP contribution in [0.1, 0.15) is 73.1 Å². The summed E-state index contributed by atoms with van der Waals surface area (Å²) in [4.78, 5) is 29.3. The maximum absolute atomic E-state index is 12.4. The molecule has 0 saturated heterocycles. The summed E-state index contributed by atoms with van der Waals surface area (Å²) in [5.41, 5.74) is 1.04. The monoisotopic (exact) mass is 418 g/mol. The number of rotatable bonds is 16. The van der Waals surface area contributed by atoms with Gasteiger partial charge in [0.1, 0.15) is 0 Å². The lowest BCUT2D eigenvalue weighted by molar-refractivity contribution is 0.0949. The van der Waals surface area contributed by atoms with Gasteiger partial charge in [-0.25, -0.2) is 0 Å². The first-order valence-corrected chi connectivity index (χ1v) is 11.5. The first-order valence-electron chi connectivity index (χ1n) is 11.5. The summed E-state index contributed by atoms with van der Waals surface area (Å²) in [7, 11) is 4.15. The highest BCUT2D eigenvalue weighted by Crippen LogP contribution is 2.06. The molecule has 0 aliphatic heterocycles. The van der Waals surface area contributed by atoms with E-state index in [1.54, 1.807) is 24.3 Å². The van der Waals surface area contributed by atoms with Crippen LogP contribution in [0, 0.1) is 0 Å². The Bertz CT molecular complexity index is 572. The molecule has 0 atom stereocenters. The molecule has 0 aliphatic carbocycles. The average molecular weight is 419 g/mol. The van der Waals surface area contributed by atoms with Crippen LogP contribution in [0.4, 0.5) is 0 Å². The van der Waals surface area contributed by atoms with Crippen LogP contribution in [0.3, 0.4) is 0 Å². The molecule has 0 saturated carbocycles. The van der Waals surface area contributed by atoms with Crippen LogP contribution in [0.2, 0.25) is 0 Å². The van der Waals surface area contributed by atoms with Crippen molar-refractivity contribution in [2.24, 2.45) is 0 Å². The van der Waals surface area contributed by atoms with Gasteiger partial charge in [0, 0.05) is 37.3 Å². The predicted octanol–water partition coefficient (Wildman–Crippen LogP) is 3.39. The number of hydrogen-bond donors (Lipinski definition) is 2. The normalized spacial score (nSPS) is 11.1. The number of carbonyl (C=O) groups excluding carboxylic acids is 2. The second-order valence-electron chi connectivity index (χ2n) is 8.11. The fraction of sp³-hybridized carbons (Fsp3) is 0.667. The lowest BCUT2D eigenvalue weighted by Crippen LogP contribution is -2.34. The first kappa shape index (κ1) is 26.1. The van der Waals surface area contributed by atoms with Gasteiger partial charge in [-0.3, -0.25) is 9.59 Å². The molecule has 0 bridgehead atoms. The molecule has 0 unspecified atom stereocenters. The number of amides is 2. The summed E-state index contributed by atoms with van der Waals surface area (Å²) < 4.78 is 0. The van der Waals surface area contributed by atoms with E-state index in [9.17, 15) is 9.59 Å². The lowest BCUT2D eigenvalue weighted by atomic mass is 10.1. The SMILES string of the molecule is CCCCCN(C)CCNC(=O)c1cccc(C(=O)NCCN(C)CCCCC)c1. The van der Waals surface area contributed by atoms with E-state index in [0.717, 1.165) is 26.2 Å². The Balaban J connectivity index is 2.38. The Kier molecular flexibility index (Phi) is 13.8. The number of nitrogens with one attached hydrogen (secondary N) is 2. The summed E-state index contributed by atoms with van der Waals surface area (Å²) >= 11 is 0. The van der Waals surface area contributed by atoms with Crippen molar-refractivity contribution in [1.82, 2.24) is 20.4 Å². The van der Waals surface area contributed by atoms with Crippen LogP contribution in [-0.4, -0.2) is 75.0 Å². The molecular formula is C24H42N4O2. The first-order chi connectivity index (χ1) is 14.5. The Morgan fingerprint density at radius 2 is 1.17 bits per heavy atom. The molecule has 1 aromatic carbocycles. The summed E-state index contributed by atoms with van der Waals surface area (Å²) in [6, 6.07) is 6.93. The highest BCUT2D eigenvalue weighted by Gasteiger charge is 2.11. The van der Waals surface area contributed by atoms with Crippen molar-refractivity contribution < 1.29 is 9.59 Å². The Hall–Kier alpha value is -1.92. The number of carbonyl (C=O) groups is 2. The minimum Gasteiger partial charge on any atom is -0.351 e. The zero-order valence-corrected chi connectivity index (χ0v) is 19.5. The zero-order chi connectivity index (χ0) is 22.2. The summed E-state index contributed by atoms with van der Waals surface area (Å²) in [5.74, 6) is -0.274. The van der Waals surface area contributed by atoms with Gasteiger partial charge in [0.15, 0.2) is 0 Å². The molecule has 30 heavy (non-hydrogen) atoms. The molecule has 0 spiro atoms. The van der Waals surface area contributed by atoms with Gasteiger partial charge in [-0.15, -0.1) is 0 Å². The van der Waals surface area contributed by atoms with Gasteiger partial charge < -0.3 is 20.4 Å². The topological polar surface area (TPSA) is 64.7 Å². The summed E-state index contributed by atoms with van der Waals surface area (Å²) in [6.45, 7) is 9.33. The smallest absolute Gasteiger partial charge is 0.251 e. The van der Waals surface area contributed by atoms with Crippen molar-refractivity contribution in [3.63, 3.8) is 0 Å². The molecule has 6 heteroatoms. The van der Waals surface area contributed by atoms with Crippen LogP contribution < -0.4 is 10.6 Å². The Morgan fingerprint density at radius 1 is 0.733 bits per heavy atom. The number of hydrogen-bond acceptors (Lipinski definition) is 4. The average Bonchev–Trinajstić information content (AvgIpc) is 2.74. The van der Waals surface area contributed by atoms with E-state index in [0.29, 0.717) is 24.2 Å². The minimum atomic E-state index is -0.137. The molecule has 6 nitrogen and oxygen atoms in total. The second-order valence-corrected chi connectivity index (χ2v) is 8.11. The lowest BCUT2D eigenvalue weighted by Gasteiger charge is -2.17. The standard InChI is InChI=1S/C24H42N4O2/c1-5-7-9-16-27(3)18-14-25-23(29)21-12-11-13-22(20-21)24(30)26-15-19-28(4)17-10-8-6-2/h11-13,20H,5-10,14-19H2,1-4H3,(H,25,29)(H,26,30). The van der Waals surface area contributed by atoms with E-state index in [-0.39, 0.29) is 11.8 Å². The van der Waals surface area contributed by atoms with Crippen molar-refractivity contribution >= 4 is 11.8 Å². The van der Waals surface area contributed by atoms with E-state index in [4.69, 9.17) is 0 Å². The molecule has 0 aliphatic rings. The fourth-order valence-electron chi connectivity index (χ4n) is 3.21. The van der Waals surface area contributed by atoms with Crippen LogP contribution in [0.15, 0.2) is 24.3 Å². The zero-order valence-electron chi connectivity index (χ0n) is 19.5. The van der Waals surface area contributed by atoms with Crippen LogP contribution in [0.5, 0.6) is 0 Å². The molecule has 170 valence electrons. The Morgan fingerprint density at radius 3 is 1.57 bits per heavy atom. The number of likely N-dealkylation sites (N-methyl/N-ethyl adjacent to an activating group) is 2. The number of nitrogens with zero attached hydrogens (tertiary/aromatic N) is 2.